The number of benzene rings is 2. The molecule has 4 aromatic rings. The van der Waals surface area contributed by atoms with Gasteiger partial charge in [0.25, 0.3) is 5.56 Å². The maximum absolute atomic E-state index is 12.8. The molecule has 0 saturated carbocycles. The van der Waals surface area contributed by atoms with Crippen LogP contribution in [0.25, 0.3) is 21.8 Å². The largest absolute Gasteiger partial charge is 0.358 e. The zero-order chi connectivity index (χ0) is 16.7. The number of nitrogens with one attached hydrogen (secondary N) is 1. The number of Topliss-reactive ketones (excluding diaryl/α,β-unsaturated/α-hetero) is 1. The minimum atomic E-state index is -0.313. The molecule has 2 aromatic carbocycles. The third kappa shape index (κ3) is 2.20. The molecule has 2 heterocycles. The first kappa shape index (κ1) is 14.3. The van der Waals surface area contributed by atoms with Crippen LogP contribution in [0.5, 0.6) is 0 Å². The van der Waals surface area contributed by atoms with Crippen LogP contribution in [0.1, 0.15) is 16.1 Å². The van der Waals surface area contributed by atoms with Crippen molar-refractivity contribution in [2.75, 3.05) is 0 Å². The van der Waals surface area contributed by atoms with Crippen LogP contribution < -0.4 is 5.56 Å². The van der Waals surface area contributed by atoms with Gasteiger partial charge in [0, 0.05) is 22.2 Å². The second kappa shape index (κ2) is 5.42. The van der Waals surface area contributed by atoms with Gasteiger partial charge in [-0.05, 0) is 25.1 Å². The van der Waals surface area contributed by atoms with Crippen molar-refractivity contribution < 1.29 is 4.79 Å². The third-order valence-corrected chi connectivity index (χ3v) is 4.10. The lowest BCUT2D eigenvalue weighted by atomic mass is 10.1. The molecular weight excluding hydrogens is 304 g/mol. The Morgan fingerprint density at radius 3 is 2.62 bits per heavy atom. The van der Waals surface area contributed by atoms with Gasteiger partial charge in [0.2, 0.25) is 0 Å². The molecule has 0 spiro atoms. The van der Waals surface area contributed by atoms with Crippen molar-refractivity contribution in [1.82, 2.24) is 20.0 Å². The van der Waals surface area contributed by atoms with Gasteiger partial charge >= 0.3 is 0 Å². The molecule has 0 radical (unpaired) electrons. The van der Waals surface area contributed by atoms with Crippen LogP contribution >= 0.6 is 0 Å². The molecule has 0 aliphatic rings. The SMILES string of the molecule is Cc1[nH]c2ccccc2c1C(=O)Cn1nnc2ccccc2c1=O. The van der Waals surface area contributed by atoms with E-state index in [2.05, 4.69) is 15.3 Å². The fourth-order valence-corrected chi connectivity index (χ4v) is 2.98. The number of nitrogens with zero attached hydrogens (tertiary/aromatic N) is 3. The van der Waals surface area contributed by atoms with E-state index in [1.807, 2.05) is 31.2 Å². The molecule has 118 valence electrons. The molecule has 0 bridgehead atoms. The van der Waals surface area contributed by atoms with Crippen LogP contribution in [0.15, 0.2) is 53.3 Å². The highest BCUT2D eigenvalue weighted by atomic mass is 16.1. The van der Waals surface area contributed by atoms with Gasteiger partial charge in [0.05, 0.1) is 5.39 Å². The summed E-state index contributed by atoms with van der Waals surface area (Å²) in [6, 6.07) is 14.6. The lowest BCUT2D eigenvalue weighted by Gasteiger charge is -2.05. The smallest absolute Gasteiger partial charge is 0.278 e. The number of ketones is 1. The Labute approximate surface area is 136 Å². The van der Waals surface area contributed by atoms with Crippen LogP contribution in [0, 0.1) is 6.92 Å². The van der Waals surface area contributed by atoms with E-state index in [4.69, 9.17) is 0 Å². The molecule has 0 saturated heterocycles. The Kier molecular flexibility index (Phi) is 3.23. The summed E-state index contributed by atoms with van der Waals surface area (Å²) >= 11 is 0. The Bertz CT molecular complexity index is 1140. The number of rotatable bonds is 3. The highest BCUT2D eigenvalue weighted by Gasteiger charge is 2.17. The van der Waals surface area contributed by atoms with Crippen LogP contribution in [0.2, 0.25) is 0 Å². The van der Waals surface area contributed by atoms with E-state index in [-0.39, 0.29) is 17.9 Å². The second-order valence-corrected chi connectivity index (χ2v) is 5.66. The maximum Gasteiger partial charge on any atom is 0.278 e. The van der Waals surface area contributed by atoms with Gasteiger partial charge in [-0.15, -0.1) is 5.10 Å². The molecule has 6 heteroatoms. The van der Waals surface area contributed by atoms with E-state index in [1.165, 1.54) is 0 Å². The number of aromatic amines is 1. The zero-order valence-corrected chi connectivity index (χ0v) is 13.0. The number of carbonyl (C=O) groups excluding carboxylic acids is 1. The molecule has 0 atom stereocenters. The molecule has 6 nitrogen and oxygen atoms in total. The lowest BCUT2D eigenvalue weighted by Crippen LogP contribution is -2.28. The fraction of sp³-hybridized carbons (Fsp3) is 0.111. The summed E-state index contributed by atoms with van der Waals surface area (Å²) in [5, 5.41) is 9.21. The molecule has 24 heavy (non-hydrogen) atoms. The number of hydrogen-bond acceptors (Lipinski definition) is 4. The van der Waals surface area contributed by atoms with Crippen molar-refractivity contribution in [2.45, 2.75) is 13.5 Å². The number of fused-ring (bicyclic) bond motifs is 2. The predicted octanol–water partition coefficient (Wildman–Crippen LogP) is 2.46. The number of carbonyl (C=O) groups is 1. The summed E-state index contributed by atoms with van der Waals surface area (Å²) in [5.74, 6) is -0.170. The van der Waals surface area contributed by atoms with Crippen LogP contribution in [0.4, 0.5) is 0 Å². The monoisotopic (exact) mass is 318 g/mol. The lowest BCUT2D eigenvalue weighted by molar-refractivity contribution is 0.0965. The summed E-state index contributed by atoms with van der Waals surface area (Å²) in [7, 11) is 0. The molecule has 1 N–H and O–H groups in total. The van der Waals surface area contributed by atoms with Crippen molar-refractivity contribution in [2.24, 2.45) is 0 Å². The maximum atomic E-state index is 12.8. The van der Waals surface area contributed by atoms with Gasteiger partial charge < -0.3 is 4.98 Å². The molecule has 0 unspecified atom stereocenters. The number of H-pyrrole nitrogens is 1. The highest BCUT2D eigenvalue weighted by Crippen LogP contribution is 2.22. The quantitative estimate of drug-likeness (QED) is 0.588. The van der Waals surface area contributed by atoms with Gasteiger partial charge in [0.15, 0.2) is 5.78 Å². The predicted molar refractivity (Wildman–Crippen MR) is 91.2 cm³/mol. The first-order chi connectivity index (χ1) is 11.6. The summed E-state index contributed by atoms with van der Waals surface area (Å²) in [6.07, 6.45) is 0. The average molecular weight is 318 g/mol. The van der Waals surface area contributed by atoms with E-state index in [9.17, 15) is 9.59 Å². The standard InChI is InChI=1S/C18H14N4O2/c1-11-17(12-6-2-4-8-14(12)19-11)16(23)10-22-18(24)13-7-3-5-9-15(13)20-21-22/h2-9,19H,10H2,1H3. The average Bonchev–Trinajstić information content (AvgIpc) is 2.93. The molecule has 0 aliphatic heterocycles. The summed E-state index contributed by atoms with van der Waals surface area (Å²) in [4.78, 5) is 28.4. The van der Waals surface area contributed by atoms with Crippen molar-refractivity contribution >= 4 is 27.6 Å². The topological polar surface area (TPSA) is 80.6 Å². The third-order valence-electron chi connectivity index (χ3n) is 4.10. The van der Waals surface area contributed by atoms with Gasteiger partial charge in [-0.3, -0.25) is 9.59 Å². The van der Waals surface area contributed by atoms with E-state index >= 15 is 0 Å². The van der Waals surface area contributed by atoms with Gasteiger partial charge in [-0.2, -0.15) is 0 Å². The Balaban J connectivity index is 1.78. The van der Waals surface area contributed by atoms with Crippen LogP contribution in [-0.4, -0.2) is 25.8 Å². The van der Waals surface area contributed by atoms with E-state index in [0.717, 1.165) is 21.3 Å². The summed E-state index contributed by atoms with van der Waals surface area (Å²) in [6.45, 7) is 1.71. The molecule has 0 amide bonds. The summed E-state index contributed by atoms with van der Waals surface area (Å²) < 4.78 is 1.12. The van der Waals surface area contributed by atoms with Crippen molar-refractivity contribution in [3.8, 4) is 0 Å². The fourth-order valence-electron chi connectivity index (χ4n) is 2.98. The highest BCUT2D eigenvalue weighted by molar-refractivity contribution is 6.09. The number of aromatic nitrogens is 4. The van der Waals surface area contributed by atoms with E-state index < -0.39 is 0 Å². The first-order valence-electron chi connectivity index (χ1n) is 7.58. The van der Waals surface area contributed by atoms with Crippen molar-refractivity contribution in [3.05, 3.63) is 70.1 Å². The van der Waals surface area contributed by atoms with E-state index in [1.54, 1.807) is 24.3 Å². The number of para-hydroxylation sites is 1. The minimum Gasteiger partial charge on any atom is -0.358 e. The normalized spacial score (nSPS) is 11.2. The van der Waals surface area contributed by atoms with Crippen LogP contribution in [-0.2, 0) is 6.54 Å². The first-order valence-corrected chi connectivity index (χ1v) is 7.58. The van der Waals surface area contributed by atoms with Gasteiger partial charge in [-0.25, -0.2) is 4.68 Å². The Hall–Kier alpha value is -3.28. The van der Waals surface area contributed by atoms with Gasteiger partial charge in [-0.1, -0.05) is 35.5 Å². The summed E-state index contributed by atoms with van der Waals surface area (Å²) in [5.41, 5.74) is 2.48. The van der Waals surface area contributed by atoms with E-state index in [0.29, 0.717) is 16.5 Å². The zero-order valence-electron chi connectivity index (χ0n) is 13.0. The molecule has 0 aliphatic carbocycles. The minimum absolute atomic E-state index is 0.140. The molecule has 0 fully saturated rings. The number of hydrogen-bond donors (Lipinski definition) is 1. The Morgan fingerprint density at radius 1 is 1.08 bits per heavy atom. The Morgan fingerprint density at radius 2 is 1.79 bits per heavy atom. The van der Waals surface area contributed by atoms with Crippen LogP contribution in [0.3, 0.4) is 0 Å². The van der Waals surface area contributed by atoms with Gasteiger partial charge in [0.1, 0.15) is 12.1 Å². The molecule has 4 rings (SSSR count). The second-order valence-electron chi connectivity index (χ2n) is 5.66. The number of aryl methyl sites for hydroxylation is 1. The molecule has 2 aromatic heterocycles. The molecular formula is C18H14N4O2. The van der Waals surface area contributed by atoms with Crippen molar-refractivity contribution in [3.63, 3.8) is 0 Å². The van der Waals surface area contributed by atoms with Crippen molar-refractivity contribution in [1.29, 1.82) is 0 Å².